The summed E-state index contributed by atoms with van der Waals surface area (Å²) in [6, 6.07) is 0. The highest BCUT2D eigenvalue weighted by Gasteiger charge is 2.94. The van der Waals surface area contributed by atoms with E-state index < -0.39 is 54.3 Å². The minimum absolute atomic E-state index is 0.165. The third-order valence-electron chi connectivity index (χ3n) is 6.74. The summed E-state index contributed by atoms with van der Waals surface area (Å²) in [5.41, 5.74) is 0. The molecule has 17 heteroatoms. The zero-order valence-electron chi connectivity index (χ0n) is 23.7. The van der Waals surface area contributed by atoms with E-state index in [4.69, 9.17) is 0 Å². The number of carbonyl (C=O) groups is 1. The fourth-order valence-electron chi connectivity index (χ4n) is 3.95. The van der Waals surface area contributed by atoms with Gasteiger partial charge in [0.15, 0.2) is 0 Å². The molecule has 0 aromatic heterocycles. The number of hydrogen-bond acceptors (Lipinski definition) is 2. The van der Waals surface area contributed by atoms with Crippen molar-refractivity contribution in [3.8, 4) is 0 Å². The average molecular weight is 667 g/mol. The zero-order chi connectivity index (χ0) is 34.0. The number of hydrogen-bond donors (Lipinski definition) is 0. The second kappa shape index (κ2) is 16.1. The minimum Gasteiger partial charge on any atom is -0.461 e. The van der Waals surface area contributed by atoms with Crippen LogP contribution in [0.5, 0.6) is 0 Å². The van der Waals surface area contributed by atoms with Crippen molar-refractivity contribution >= 4 is 5.97 Å². The van der Waals surface area contributed by atoms with Gasteiger partial charge in [0, 0.05) is 0 Å². The Kier molecular flexibility index (Phi) is 15.5. The Balaban J connectivity index is 4.69. The van der Waals surface area contributed by atoms with Crippen LogP contribution < -0.4 is 0 Å². The molecule has 0 aliphatic rings. The number of ether oxygens (including phenoxy) is 1. The minimum atomic E-state index is -8.43. The molecule has 0 heterocycles. The molecular formula is C26H37F15O2. The van der Waals surface area contributed by atoms with Gasteiger partial charge in [-0.2, -0.15) is 65.9 Å². The summed E-state index contributed by atoms with van der Waals surface area (Å²) in [4.78, 5) is 11.3. The first kappa shape index (κ1) is 41.4. The lowest BCUT2D eigenvalue weighted by molar-refractivity contribution is -0.450. The van der Waals surface area contributed by atoms with Crippen LogP contribution in [0.15, 0.2) is 0 Å². The molecule has 0 aliphatic heterocycles. The van der Waals surface area contributed by atoms with E-state index in [-0.39, 0.29) is 12.8 Å². The van der Waals surface area contributed by atoms with Crippen LogP contribution in [-0.4, -0.2) is 54.3 Å². The van der Waals surface area contributed by atoms with Gasteiger partial charge < -0.3 is 4.74 Å². The van der Waals surface area contributed by atoms with Crippen LogP contribution in [0.3, 0.4) is 0 Å². The van der Waals surface area contributed by atoms with E-state index in [9.17, 15) is 70.7 Å². The molecule has 0 spiro atoms. The third kappa shape index (κ3) is 9.95. The highest BCUT2D eigenvalue weighted by Crippen LogP contribution is 2.62. The van der Waals surface area contributed by atoms with Crippen LogP contribution in [0.1, 0.15) is 104 Å². The van der Waals surface area contributed by atoms with E-state index >= 15 is 0 Å². The van der Waals surface area contributed by atoms with Gasteiger partial charge in [0.25, 0.3) is 0 Å². The second-order valence-corrected chi connectivity index (χ2v) is 10.9. The van der Waals surface area contributed by atoms with Crippen molar-refractivity contribution in [2.75, 3.05) is 6.61 Å². The molecule has 0 aliphatic carbocycles. The molecule has 0 unspecified atom stereocenters. The Morgan fingerprint density at radius 2 is 0.767 bits per heavy atom. The number of carbonyl (C=O) groups excluding carboxylic acids is 1. The molecule has 0 N–H and O–H groups in total. The number of esters is 1. The summed E-state index contributed by atoms with van der Waals surface area (Å²) in [7, 11) is 0. The number of halogens is 15. The Labute approximate surface area is 240 Å². The molecule has 258 valence electrons. The van der Waals surface area contributed by atoms with Gasteiger partial charge in [-0.3, -0.25) is 0 Å². The van der Waals surface area contributed by atoms with E-state index in [0.29, 0.717) is 18.8 Å². The second-order valence-electron chi connectivity index (χ2n) is 10.9. The first-order chi connectivity index (χ1) is 19.3. The highest BCUT2D eigenvalue weighted by molar-refractivity contribution is 5.79. The third-order valence-corrected chi connectivity index (χ3v) is 6.74. The molecule has 0 bridgehead atoms. The summed E-state index contributed by atoms with van der Waals surface area (Å²) in [6.07, 6.45) is 4.04. The van der Waals surface area contributed by atoms with Gasteiger partial charge in [0.1, 0.15) is 0 Å². The molecule has 0 rings (SSSR count). The summed E-state index contributed by atoms with van der Waals surface area (Å²) in [5, 5.41) is 0. The van der Waals surface area contributed by atoms with Crippen molar-refractivity contribution in [3.63, 3.8) is 0 Å². The molecule has 0 saturated carbocycles. The van der Waals surface area contributed by atoms with Gasteiger partial charge in [-0.15, -0.1) is 0 Å². The molecule has 0 amide bonds. The van der Waals surface area contributed by atoms with Crippen molar-refractivity contribution < 1.29 is 75.4 Å². The quantitative estimate of drug-likeness (QED) is 0.0653. The van der Waals surface area contributed by atoms with Crippen LogP contribution in [0.4, 0.5) is 65.9 Å². The van der Waals surface area contributed by atoms with Gasteiger partial charge in [-0.05, 0) is 12.3 Å². The van der Waals surface area contributed by atoms with Crippen LogP contribution in [0.25, 0.3) is 0 Å². The maximum Gasteiger partial charge on any atom is 0.460 e. The highest BCUT2D eigenvalue weighted by atomic mass is 19.4. The monoisotopic (exact) mass is 666 g/mol. The maximum absolute atomic E-state index is 13.8. The van der Waals surface area contributed by atoms with E-state index in [1.807, 2.05) is 0 Å². The van der Waals surface area contributed by atoms with Crippen molar-refractivity contribution in [3.05, 3.63) is 0 Å². The van der Waals surface area contributed by atoms with Gasteiger partial charge >= 0.3 is 47.7 Å². The Bertz CT molecular complexity index is 824. The SMILES string of the molecule is CC(C)CCCCCCCCCCCCCCCOC(=O)C(F)(F)C(F)(F)C(F)(F)C(F)(F)C(F)(F)C(F)(F)C(F)(F)F. The summed E-state index contributed by atoms with van der Waals surface area (Å²) < 4.78 is 201. The van der Waals surface area contributed by atoms with E-state index in [0.717, 1.165) is 38.5 Å². The first-order valence-corrected chi connectivity index (χ1v) is 13.8. The predicted molar refractivity (Wildman–Crippen MR) is 126 cm³/mol. The fourth-order valence-corrected chi connectivity index (χ4v) is 3.95. The predicted octanol–water partition coefficient (Wildman–Crippen LogP) is 11.0. The summed E-state index contributed by atoms with van der Waals surface area (Å²) >= 11 is 0. The number of unbranched alkanes of at least 4 members (excludes halogenated alkanes) is 12. The summed E-state index contributed by atoms with van der Waals surface area (Å²) in [6.45, 7) is 3.23. The lowest BCUT2D eigenvalue weighted by Crippen LogP contribution is -2.73. The Hall–Kier alpha value is -1.58. The summed E-state index contributed by atoms with van der Waals surface area (Å²) in [5.74, 6) is -51.0. The molecule has 0 aromatic rings. The maximum atomic E-state index is 13.8. The largest absolute Gasteiger partial charge is 0.461 e. The van der Waals surface area contributed by atoms with E-state index in [2.05, 4.69) is 18.6 Å². The molecule has 2 nitrogen and oxygen atoms in total. The molecule has 0 atom stereocenters. The standard InChI is InChI=1S/C26H37F15O2/c1-18(2)16-14-12-10-8-6-4-3-5-7-9-11-13-15-17-43-19(42)20(27,28)21(29,30)22(31,32)23(33,34)24(35,36)25(37,38)26(39,40)41/h18H,3-17H2,1-2H3. The lowest BCUT2D eigenvalue weighted by Gasteiger charge is -2.40. The average Bonchev–Trinajstić information content (AvgIpc) is 2.86. The Morgan fingerprint density at radius 1 is 0.465 bits per heavy atom. The number of rotatable bonds is 22. The van der Waals surface area contributed by atoms with Crippen molar-refractivity contribution in [1.82, 2.24) is 0 Å². The fraction of sp³-hybridized carbons (Fsp3) is 0.962. The molecule has 0 radical (unpaired) electrons. The molecule has 0 fully saturated rings. The normalized spacial score (nSPS) is 14.5. The van der Waals surface area contributed by atoms with Gasteiger partial charge in [-0.25, -0.2) is 4.79 Å². The van der Waals surface area contributed by atoms with Crippen LogP contribution in [0, 0.1) is 5.92 Å². The lowest BCUT2D eigenvalue weighted by atomic mass is 9.91. The zero-order valence-corrected chi connectivity index (χ0v) is 23.7. The first-order valence-electron chi connectivity index (χ1n) is 13.8. The van der Waals surface area contributed by atoms with Crippen LogP contribution in [0.2, 0.25) is 0 Å². The molecule has 0 aromatic carbocycles. The van der Waals surface area contributed by atoms with Crippen molar-refractivity contribution in [1.29, 1.82) is 0 Å². The van der Waals surface area contributed by atoms with E-state index in [1.165, 1.54) is 25.7 Å². The van der Waals surface area contributed by atoms with Gasteiger partial charge in [0.2, 0.25) is 0 Å². The topological polar surface area (TPSA) is 26.3 Å². The van der Waals surface area contributed by atoms with Crippen molar-refractivity contribution in [2.24, 2.45) is 5.92 Å². The molecular weight excluding hydrogens is 629 g/mol. The van der Waals surface area contributed by atoms with Crippen LogP contribution in [-0.2, 0) is 9.53 Å². The van der Waals surface area contributed by atoms with Crippen LogP contribution >= 0.6 is 0 Å². The molecule has 0 saturated heterocycles. The smallest absolute Gasteiger partial charge is 0.460 e. The van der Waals surface area contributed by atoms with Gasteiger partial charge in [0.05, 0.1) is 6.61 Å². The van der Waals surface area contributed by atoms with Gasteiger partial charge in [-0.1, -0.05) is 97.3 Å². The Morgan fingerprint density at radius 3 is 1.12 bits per heavy atom. The van der Waals surface area contributed by atoms with E-state index in [1.54, 1.807) is 0 Å². The number of alkyl halides is 15. The molecule has 43 heavy (non-hydrogen) atoms. The van der Waals surface area contributed by atoms with Crippen molar-refractivity contribution in [2.45, 2.75) is 145 Å².